The molecule has 1 atom stereocenters. The van der Waals surface area contributed by atoms with Crippen molar-refractivity contribution in [1.82, 2.24) is 15.3 Å². The first-order valence-corrected chi connectivity index (χ1v) is 9.56. The van der Waals surface area contributed by atoms with Crippen LogP contribution in [0, 0.1) is 20.8 Å². The highest BCUT2D eigenvalue weighted by atomic mass is 32.2. The molecule has 1 aliphatic heterocycles. The number of ether oxygens (including phenoxy) is 2. The van der Waals surface area contributed by atoms with Crippen molar-refractivity contribution in [2.75, 3.05) is 19.0 Å². The lowest BCUT2D eigenvalue weighted by Crippen LogP contribution is -2.28. The number of carbonyl (C=O) groups is 1. The van der Waals surface area contributed by atoms with Crippen LogP contribution in [0.1, 0.15) is 35.5 Å². The van der Waals surface area contributed by atoms with Crippen LogP contribution in [0.3, 0.4) is 0 Å². The minimum Gasteiger partial charge on any atom is -0.486 e. The van der Waals surface area contributed by atoms with Crippen LogP contribution in [-0.2, 0) is 4.79 Å². The number of aromatic nitrogens is 2. The molecule has 0 fully saturated rings. The normalized spacial score (nSPS) is 14.0. The molecule has 138 valence electrons. The smallest absolute Gasteiger partial charge is 0.230 e. The predicted octanol–water partition coefficient (Wildman–Crippen LogP) is 3.14. The number of rotatable bonds is 5. The van der Waals surface area contributed by atoms with Crippen LogP contribution in [0.2, 0.25) is 0 Å². The summed E-state index contributed by atoms with van der Waals surface area (Å²) in [5.41, 5.74) is 3.96. The van der Waals surface area contributed by atoms with Crippen molar-refractivity contribution >= 4 is 17.7 Å². The second-order valence-electron chi connectivity index (χ2n) is 6.28. The molecule has 0 aliphatic carbocycles. The molecule has 1 N–H and O–H groups in total. The fourth-order valence-electron chi connectivity index (χ4n) is 2.63. The van der Waals surface area contributed by atoms with Crippen molar-refractivity contribution in [3.8, 4) is 11.5 Å². The van der Waals surface area contributed by atoms with Gasteiger partial charge in [0.05, 0.1) is 11.8 Å². The Balaban J connectivity index is 1.58. The standard InChI is InChI=1S/C19H23N3O3S/c1-11-12(2)21-19(22-13(11)3)26-10-18(23)20-14(4)15-5-6-16-17(9-15)25-8-7-24-16/h5-6,9,14H,7-8,10H2,1-4H3,(H,20,23)/t14-/m1/s1. The van der Waals surface area contributed by atoms with E-state index in [9.17, 15) is 4.79 Å². The van der Waals surface area contributed by atoms with Crippen LogP contribution in [0.5, 0.6) is 11.5 Å². The van der Waals surface area contributed by atoms with Gasteiger partial charge in [-0.3, -0.25) is 4.79 Å². The molecular formula is C19H23N3O3S. The second kappa shape index (κ2) is 7.95. The third-order valence-electron chi connectivity index (χ3n) is 4.39. The van der Waals surface area contributed by atoms with E-state index in [0.717, 1.165) is 34.0 Å². The first-order chi connectivity index (χ1) is 12.4. The molecule has 3 rings (SSSR count). The summed E-state index contributed by atoms with van der Waals surface area (Å²) in [6.07, 6.45) is 0. The van der Waals surface area contributed by atoms with Crippen LogP contribution >= 0.6 is 11.8 Å². The van der Waals surface area contributed by atoms with Gasteiger partial charge in [-0.2, -0.15) is 0 Å². The molecule has 0 saturated carbocycles. The van der Waals surface area contributed by atoms with Crippen molar-refractivity contribution in [3.05, 3.63) is 40.7 Å². The van der Waals surface area contributed by atoms with E-state index >= 15 is 0 Å². The second-order valence-corrected chi connectivity index (χ2v) is 7.23. The zero-order valence-electron chi connectivity index (χ0n) is 15.5. The number of hydrogen-bond donors (Lipinski definition) is 1. The van der Waals surface area contributed by atoms with Gasteiger partial charge in [0.2, 0.25) is 5.91 Å². The Morgan fingerprint density at radius 1 is 1.15 bits per heavy atom. The summed E-state index contributed by atoms with van der Waals surface area (Å²) in [6.45, 7) is 8.97. The summed E-state index contributed by atoms with van der Waals surface area (Å²) < 4.78 is 11.1. The number of benzene rings is 1. The highest BCUT2D eigenvalue weighted by Gasteiger charge is 2.16. The summed E-state index contributed by atoms with van der Waals surface area (Å²) in [5, 5.41) is 3.63. The van der Waals surface area contributed by atoms with E-state index in [1.165, 1.54) is 11.8 Å². The molecule has 2 aromatic rings. The largest absolute Gasteiger partial charge is 0.486 e. The summed E-state index contributed by atoms with van der Waals surface area (Å²) in [7, 11) is 0. The van der Waals surface area contributed by atoms with Gasteiger partial charge in [0, 0.05) is 11.4 Å². The van der Waals surface area contributed by atoms with E-state index in [1.54, 1.807) is 0 Å². The SMILES string of the molecule is Cc1nc(SCC(=O)N[C@H](C)c2ccc3c(c2)OCCO3)nc(C)c1C. The fraction of sp³-hybridized carbons (Fsp3) is 0.421. The van der Waals surface area contributed by atoms with Gasteiger partial charge < -0.3 is 14.8 Å². The van der Waals surface area contributed by atoms with Gasteiger partial charge >= 0.3 is 0 Å². The van der Waals surface area contributed by atoms with Gasteiger partial charge in [0.15, 0.2) is 16.7 Å². The molecule has 26 heavy (non-hydrogen) atoms. The van der Waals surface area contributed by atoms with Crippen LogP contribution in [-0.4, -0.2) is 34.8 Å². The number of nitrogens with one attached hydrogen (secondary N) is 1. The number of fused-ring (bicyclic) bond motifs is 1. The fourth-order valence-corrected chi connectivity index (χ4v) is 3.38. The topological polar surface area (TPSA) is 73.3 Å². The lowest BCUT2D eigenvalue weighted by molar-refractivity contribution is -0.119. The first-order valence-electron chi connectivity index (χ1n) is 8.57. The molecule has 1 aromatic carbocycles. The van der Waals surface area contributed by atoms with Gasteiger partial charge in [-0.25, -0.2) is 9.97 Å². The van der Waals surface area contributed by atoms with E-state index < -0.39 is 0 Å². The van der Waals surface area contributed by atoms with Crippen LogP contribution < -0.4 is 14.8 Å². The van der Waals surface area contributed by atoms with E-state index in [2.05, 4.69) is 15.3 Å². The zero-order chi connectivity index (χ0) is 18.7. The monoisotopic (exact) mass is 373 g/mol. The lowest BCUT2D eigenvalue weighted by atomic mass is 10.1. The third-order valence-corrected chi connectivity index (χ3v) is 5.24. The summed E-state index contributed by atoms with van der Waals surface area (Å²) >= 11 is 1.35. The summed E-state index contributed by atoms with van der Waals surface area (Å²) in [5.74, 6) is 1.69. The predicted molar refractivity (Wildman–Crippen MR) is 101 cm³/mol. The minimum atomic E-state index is -0.124. The Labute approximate surface area is 157 Å². The Bertz CT molecular complexity index is 803. The van der Waals surface area contributed by atoms with Crippen molar-refractivity contribution < 1.29 is 14.3 Å². The zero-order valence-corrected chi connectivity index (χ0v) is 16.3. The average Bonchev–Trinajstić information content (AvgIpc) is 2.63. The molecule has 2 heterocycles. The maximum Gasteiger partial charge on any atom is 0.230 e. The quantitative estimate of drug-likeness (QED) is 0.641. The summed E-state index contributed by atoms with van der Waals surface area (Å²) in [6, 6.07) is 5.62. The molecular weight excluding hydrogens is 350 g/mol. The molecule has 1 amide bonds. The van der Waals surface area contributed by atoms with Crippen molar-refractivity contribution in [1.29, 1.82) is 0 Å². The Morgan fingerprint density at radius 2 is 1.81 bits per heavy atom. The third kappa shape index (κ3) is 4.27. The number of hydrogen-bond acceptors (Lipinski definition) is 6. The van der Waals surface area contributed by atoms with Crippen molar-refractivity contribution in [2.45, 2.75) is 38.9 Å². The van der Waals surface area contributed by atoms with Gasteiger partial charge in [-0.1, -0.05) is 17.8 Å². The van der Waals surface area contributed by atoms with Crippen LogP contribution in [0.15, 0.2) is 23.4 Å². The number of carbonyl (C=O) groups excluding carboxylic acids is 1. The number of amides is 1. The molecule has 0 bridgehead atoms. The molecule has 1 aromatic heterocycles. The molecule has 7 heteroatoms. The number of aryl methyl sites for hydroxylation is 2. The lowest BCUT2D eigenvalue weighted by Gasteiger charge is -2.21. The van der Waals surface area contributed by atoms with Crippen molar-refractivity contribution in [3.63, 3.8) is 0 Å². The van der Waals surface area contributed by atoms with Gasteiger partial charge in [0.25, 0.3) is 0 Å². The van der Waals surface area contributed by atoms with Crippen molar-refractivity contribution in [2.24, 2.45) is 0 Å². The number of nitrogens with zero attached hydrogens (tertiary/aromatic N) is 2. The first kappa shape index (κ1) is 18.5. The molecule has 0 unspecified atom stereocenters. The van der Waals surface area contributed by atoms with Gasteiger partial charge in [-0.05, 0) is 51.0 Å². The van der Waals surface area contributed by atoms with E-state index in [1.807, 2.05) is 45.9 Å². The molecule has 0 saturated heterocycles. The molecule has 0 radical (unpaired) electrons. The van der Waals surface area contributed by atoms with E-state index in [-0.39, 0.29) is 17.7 Å². The van der Waals surface area contributed by atoms with Crippen LogP contribution in [0.4, 0.5) is 0 Å². The Kier molecular flexibility index (Phi) is 5.66. The molecule has 6 nitrogen and oxygen atoms in total. The maximum absolute atomic E-state index is 12.3. The highest BCUT2D eigenvalue weighted by molar-refractivity contribution is 7.99. The Hall–Kier alpha value is -2.28. The summed E-state index contributed by atoms with van der Waals surface area (Å²) in [4.78, 5) is 21.1. The van der Waals surface area contributed by atoms with E-state index in [4.69, 9.17) is 9.47 Å². The number of thioether (sulfide) groups is 1. The van der Waals surface area contributed by atoms with E-state index in [0.29, 0.717) is 18.4 Å². The molecule has 0 spiro atoms. The Morgan fingerprint density at radius 3 is 2.50 bits per heavy atom. The average molecular weight is 373 g/mol. The van der Waals surface area contributed by atoms with Gasteiger partial charge in [-0.15, -0.1) is 0 Å². The minimum absolute atomic E-state index is 0.0585. The maximum atomic E-state index is 12.3. The van der Waals surface area contributed by atoms with Gasteiger partial charge in [0.1, 0.15) is 13.2 Å². The molecule has 1 aliphatic rings. The van der Waals surface area contributed by atoms with Crippen LogP contribution in [0.25, 0.3) is 0 Å². The highest BCUT2D eigenvalue weighted by Crippen LogP contribution is 2.32.